The van der Waals surface area contributed by atoms with Crippen molar-refractivity contribution in [3.63, 3.8) is 0 Å². The molecule has 0 atom stereocenters. The number of aromatic nitrogens is 3. The molecule has 8 heteroatoms. The zero-order valence-electron chi connectivity index (χ0n) is 17.5. The topological polar surface area (TPSA) is 101 Å². The molecule has 2 aromatic carbocycles. The summed E-state index contributed by atoms with van der Waals surface area (Å²) in [7, 11) is 1.59. The lowest BCUT2D eigenvalue weighted by atomic mass is 9.92. The zero-order valence-corrected chi connectivity index (χ0v) is 17.5. The smallest absolute Gasteiger partial charge is 0.363 e. The van der Waals surface area contributed by atoms with Gasteiger partial charge in [-0.15, -0.1) is 0 Å². The Balaban J connectivity index is 1.84. The Kier molecular flexibility index (Phi) is 6.46. The number of aromatic amines is 1. The van der Waals surface area contributed by atoms with Gasteiger partial charge in [-0.05, 0) is 17.7 Å². The maximum Gasteiger partial charge on any atom is 0.363 e. The largest absolute Gasteiger partial charge is 0.493 e. The van der Waals surface area contributed by atoms with Crippen molar-refractivity contribution in [2.24, 2.45) is 5.10 Å². The van der Waals surface area contributed by atoms with E-state index in [-0.39, 0.29) is 5.41 Å². The average molecular weight is 407 g/mol. The lowest BCUT2D eigenvalue weighted by Crippen LogP contribution is -2.24. The Morgan fingerprint density at radius 3 is 2.60 bits per heavy atom. The van der Waals surface area contributed by atoms with Crippen LogP contribution in [0.3, 0.4) is 0 Å². The lowest BCUT2D eigenvalue weighted by molar-refractivity contribution is 0.284. The third-order valence-electron chi connectivity index (χ3n) is 4.24. The monoisotopic (exact) mass is 407 g/mol. The minimum atomic E-state index is -0.547. The number of methoxy groups -OCH3 is 1. The van der Waals surface area contributed by atoms with Crippen LogP contribution in [0, 0.1) is 0 Å². The Labute approximate surface area is 175 Å². The van der Waals surface area contributed by atoms with Gasteiger partial charge in [0.05, 0.1) is 13.3 Å². The number of nitrogens with one attached hydrogen (secondary N) is 2. The second-order valence-electron chi connectivity index (χ2n) is 7.61. The molecule has 8 nitrogen and oxygen atoms in total. The Hall–Kier alpha value is -3.68. The molecule has 0 aliphatic carbocycles. The summed E-state index contributed by atoms with van der Waals surface area (Å²) in [5.41, 5.74) is 4.31. The summed E-state index contributed by atoms with van der Waals surface area (Å²) < 4.78 is 11.5. The molecule has 156 valence electrons. The van der Waals surface area contributed by atoms with Crippen molar-refractivity contribution in [2.75, 3.05) is 12.5 Å². The molecule has 0 unspecified atom stereocenters. The minimum Gasteiger partial charge on any atom is -0.493 e. The third-order valence-corrected chi connectivity index (χ3v) is 4.24. The van der Waals surface area contributed by atoms with Crippen LogP contribution in [0.5, 0.6) is 11.5 Å². The van der Waals surface area contributed by atoms with E-state index in [0.29, 0.717) is 35.2 Å². The molecule has 1 aromatic heterocycles. The van der Waals surface area contributed by atoms with E-state index < -0.39 is 5.69 Å². The molecule has 30 heavy (non-hydrogen) atoms. The number of hydrazone groups is 1. The highest BCUT2D eigenvalue weighted by molar-refractivity contribution is 5.85. The number of hydrogen-bond donors (Lipinski definition) is 2. The first-order valence-corrected chi connectivity index (χ1v) is 9.48. The highest BCUT2D eigenvalue weighted by Crippen LogP contribution is 2.31. The maximum atomic E-state index is 11.6. The van der Waals surface area contributed by atoms with E-state index in [1.807, 2.05) is 69.3 Å². The molecule has 0 spiro atoms. The molecule has 0 saturated heterocycles. The van der Waals surface area contributed by atoms with Crippen molar-refractivity contribution in [3.05, 3.63) is 75.8 Å². The van der Waals surface area contributed by atoms with Crippen molar-refractivity contribution in [2.45, 2.75) is 32.8 Å². The van der Waals surface area contributed by atoms with Gasteiger partial charge in [-0.2, -0.15) is 15.2 Å². The Bertz CT molecular complexity index is 1070. The summed E-state index contributed by atoms with van der Waals surface area (Å²) in [4.78, 5) is 15.6. The highest BCUT2D eigenvalue weighted by Gasteiger charge is 2.21. The van der Waals surface area contributed by atoms with Crippen LogP contribution >= 0.6 is 0 Å². The summed E-state index contributed by atoms with van der Waals surface area (Å²) in [5.74, 6) is 1.47. The van der Waals surface area contributed by atoms with Crippen LogP contribution in [0.15, 0.2) is 58.4 Å². The quantitative estimate of drug-likeness (QED) is 0.459. The van der Waals surface area contributed by atoms with Crippen LogP contribution in [-0.2, 0) is 12.0 Å². The first kappa shape index (κ1) is 21.0. The Morgan fingerprint density at radius 1 is 1.13 bits per heavy atom. The summed E-state index contributed by atoms with van der Waals surface area (Å²) >= 11 is 0. The molecule has 0 amide bonds. The third kappa shape index (κ3) is 5.22. The van der Waals surface area contributed by atoms with Gasteiger partial charge in [0.25, 0.3) is 0 Å². The van der Waals surface area contributed by atoms with E-state index in [2.05, 4.69) is 25.7 Å². The summed E-state index contributed by atoms with van der Waals surface area (Å²) in [5, 5.41) is 10.7. The summed E-state index contributed by atoms with van der Waals surface area (Å²) in [6, 6.07) is 15.4. The van der Waals surface area contributed by atoms with Gasteiger partial charge in [0.15, 0.2) is 17.3 Å². The summed E-state index contributed by atoms with van der Waals surface area (Å²) in [6.07, 6.45) is 1.60. The van der Waals surface area contributed by atoms with E-state index in [1.165, 1.54) is 0 Å². The fourth-order valence-corrected chi connectivity index (χ4v) is 2.78. The number of H-pyrrole nitrogens is 1. The molecule has 1 heterocycles. The number of para-hydroxylation sites is 1. The van der Waals surface area contributed by atoms with Crippen LogP contribution in [0.25, 0.3) is 0 Å². The van der Waals surface area contributed by atoms with Crippen LogP contribution in [0.1, 0.15) is 37.6 Å². The zero-order chi connectivity index (χ0) is 21.6. The van der Waals surface area contributed by atoms with Gasteiger partial charge in [0, 0.05) is 11.0 Å². The van der Waals surface area contributed by atoms with Crippen LogP contribution < -0.4 is 20.6 Å². The van der Waals surface area contributed by atoms with E-state index in [1.54, 1.807) is 13.3 Å². The molecule has 0 saturated carbocycles. The van der Waals surface area contributed by atoms with Gasteiger partial charge in [0.1, 0.15) is 12.3 Å². The number of rotatable bonds is 7. The van der Waals surface area contributed by atoms with Crippen molar-refractivity contribution in [1.82, 2.24) is 15.2 Å². The van der Waals surface area contributed by atoms with Crippen LogP contribution in [0.4, 0.5) is 5.82 Å². The molecule has 0 aliphatic heterocycles. The van der Waals surface area contributed by atoms with E-state index in [4.69, 9.17) is 9.47 Å². The van der Waals surface area contributed by atoms with E-state index >= 15 is 0 Å². The number of hydrogen-bond acceptors (Lipinski definition) is 7. The van der Waals surface area contributed by atoms with Crippen LogP contribution in [0.2, 0.25) is 0 Å². The molecule has 3 aromatic rings. The molecule has 2 N–H and O–H groups in total. The molecular weight excluding hydrogens is 382 g/mol. The predicted molar refractivity (Wildman–Crippen MR) is 116 cm³/mol. The average Bonchev–Trinajstić information content (AvgIpc) is 2.72. The Morgan fingerprint density at radius 2 is 1.90 bits per heavy atom. The normalized spacial score (nSPS) is 11.5. The summed E-state index contributed by atoms with van der Waals surface area (Å²) in [6.45, 7) is 6.31. The van der Waals surface area contributed by atoms with Gasteiger partial charge < -0.3 is 9.47 Å². The minimum absolute atomic E-state index is 0.303. The predicted octanol–water partition coefficient (Wildman–Crippen LogP) is 3.50. The van der Waals surface area contributed by atoms with Crippen LogP contribution in [-0.4, -0.2) is 28.5 Å². The van der Waals surface area contributed by atoms with E-state index in [0.717, 1.165) is 5.56 Å². The lowest BCUT2D eigenvalue weighted by Gasteiger charge is -2.18. The van der Waals surface area contributed by atoms with Gasteiger partial charge >= 0.3 is 5.69 Å². The fraction of sp³-hybridized carbons (Fsp3) is 0.273. The number of anilines is 1. The molecule has 0 radical (unpaired) electrons. The SMILES string of the molecule is COc1cccc(/C=N/Nc2nc(=O)[nH]nc2C(C)(C)C)c1OCc1ccccc1. The molecule has 0 fully saturated rings. The van der Waals surface area contributed by atoms with Crippen molar-refractivity contribution in [3.8, 4) is 11.5 Å². The second kappa shape index (κ2) is 9.21. The van der Waals surface area contributed by atoms with Crippen molar-refractivity contribution < 1.29 is 9.47 Å². The second-order valence-corrected chi connectivity index (χ2v) is 7.61. The molecular formula is C22H25N5O3. The standard InChI is InChI=1S/C22H25N5O3/c1-22(2,3)19-20(24-21(28)27-25-19)26-23-13-16-11-8-12-17(29-4)18(16)30-14-15-9-6-5-7-10-15/h5-13H,14H2,1-4H3,(H2,24,26,27,28)/b23-13+. The number of benzene rings is 2. The van der Waals surface area contributed by atoms with Crippen molar-refractivity contribution in [1.29, 1.82) is 0 Å². The van der Waals surface area contributed by atoms with Gasteiger partial charge in [-0.1, -0.05) is 57.2 Å². The van der Waals surface area contributed by atoms with E-state index in [9.17, 15) is 4.79 Å². The fourth-order valence-electron chi connectivity index (χ4n) is 2.78. The first-order chi connectivity index (χ1) is 14.4. The highest BCUT2D eigenvalue weighted by atomic mass is 16.5. The first-order valence-electron chi connectivity index (χ1n) is 9.48. The van der Waals surface area contributed by atoms with Gasteiger partial charge in [-0.25, -0.2) is 9.89 Å². The number of nitrogens with zero attached hydrogens (tertiary/aromatic N) is 3. The number of ether oxygens (including phenoxy) is 2. The van der Waals surface area contributed by atoms with Gasteiger partial charge in [-0.3, -0.25) is 5.43 Å². The molecule has 0 aliphatic rings. The van der Waals surface area contributed by atoms with Gasteiger partial charge in [0.2, 0.25) is 0 Å². The molecule has 0 bridgehead atoms. The molecule has 3 rings (SSSR count). The van der Waals surface area contributed by atoms with Crippen molar-refractivity contribution >= 4 is 12.0 Å². The maximum absolute atomic E-state index is 11.6.